The fourth-order valence-electron chi connectivity index (χ4n) is 3.15. The van der Waals surface area contributed by atoms with Gasteiger partial charge in [-0.1, -0.05) is 0 Å². The van der Waals surface area contributed by atoms with Crippen LogP contribution in [0.3, 0.4) is 0 Å². The number of carbonyl (C=O) groups is 1. The van der Waals surface area contributed by atoms with Gasteiger partial charge in [-0.15, -0.1) is 0 Å². The number of ether oxygens (including phenoxy) is 2. The summed E-state index contributed by atoms with van der Waals surface area (Å²) < 4.78 is 37.9. The highest BCUT2D eigenvalue weighted by Crippen LogP contribution is 2.31. The first kappa shape index (κ1) is 20.6. The molecule has 0 N–H and O–H groups in total. The van der Waals surface area contributed by atoms with Crippen molar-refractivity contribution in [3.05, 3.63) is 40.6 Å². The van der Waals surface area contributed by atoms with Crippen LogP contribution in [-0.2, 0) is 21.2 Å². The minimum absolute atomic E-state index is 0.0576. The minimum atomic E-state index is -3.74. The van der Waals surface area contributed by atoms with E-state index in [-0.39, 0.29) is 29.6 Å². The van der Waals surface area contributed by atoms with E-state index in [1.165, 1.54) is 24.6 Å². The molecule has 1 aliphatic rings. The average Bonchev–Trinajstić information content (AvgIpc) is 3.25. The van der Waals surface area contributed by atoms with Crippen molar-refractivity contribution in [2.45, 2.75) is 17.7 Å². The zero-order chi connectivity index (χ0) is 20.1. The molecule has 0 bridgehead atoms. The van der Waals surface area contributed by atoms with E-state index >= 15 is 0 Å². The van der Waals surface area contributed by atoms with E-state index in [9.17, 15) is 13.2 Å². The highest BCUT2D eigenvalue weighted by Gasteiger charge is 2.32. The second-order valence-corrected chi connectivity index (χ2v) is 9.12. The van der Waals surface area contributed by atoms with Gasteiger partial charge in [0.25, 0.3) is 0 Å². The van der Waals surface area contributed by atoms with Gasteiger partial charge in [0, 0.05) is 38.7 Å². The third kappa shape index (κ3) is 4.48. The van der Waals surface area contributed by atoms with E-state index in [1.54, 1.807) is 28.4 Å². The quantitative estimate of drug-likeness (QED) is 0.681. The molecular formula is C19H24N2O5S2. The van der Waals surface area contributed by atoms with Crippen molar-refractivity contribution < 1.29 is 22.7 Å². The topological polar surface area (TPSA) is 76.2 Å². The van der Waals surface area contributed by atoms with Crippen molar-refractivity contribution in [1.82, 2.24) is 9.21 Å². The number of rotatable bonds is 7. The Hall–Kier alpha value is -2.10. The third-order valence-electron chi connectivity index (χ3n) is 4.79. The summed E-state index contributed by atoms with van der Waals surface area (Å²) in [4.78, 5) is 14.2. The number of methoxy groups -OCH3 is 2. The lowest BCUT2D eigenvalue weighted by Crippen LogP contribution is -2.50. The Labute approximate surface area is 169 Å². The van der Waals surface area contributed by atoms with E-state index < -0.39 is 10.0 Å². The number of amides is 1. The van der Waals surface area contributed by atoms with Crippen molar-refractivity contribution in [2.75, 3.05) is 40.4 Å². The van der Waals surface area contributed by atoms with Gasteiger partial charge in [0.15, 0.2) is 0 Å². The molecule has 1 aromatic carbocycles. The molecule has 1 amide bonds. The number of hydrogen-bond donors (Lipinski definition) is 0. The number of sulfonamides is 1. The van der Waals surface area contributed by atoms with Gasteiger partial charge in [0.2, 0.25) is 15.9 Å². The lowest BCUT2D eigenvalue weighted by molar-refractivity contribution is -0.132. The molecule has 3 rings (SSSR count). The van der Waals surface area contributed by atoms with Crippen LogP contribution in [0.1, 0.15) is 12.0 Å². The zero-order valence-electron chi connectivity index (χ0n) is 16.0. The van der Waals surface area contributed by atoms with Crippen LogP contribution in [0.25, 0.3) is 0 Å². The summed E-state index contributed by atoms with van der Waals surface area (Å²) in [7, 11) is -0.822. The predicted octanol–water partition coefficient (Wildman–Crippen LogP) is 2.23. The average molecular weight is 425 g/mol. The highest BCUT2D eigenvalue weighted by atomic mass is 32.2. The summed E-state index contributed by atoms with van der Waals surface area (Å²) in [5.74, 6) is 0.777. The molecule has 0 saturated carbocycles. The Morgan fingerprint density at radius 3 is 2.46 bits per heavy atom. The molecule has 1 aromatic heterocycles. The van der Waals surface area contributed by atoms with Gasteiger partial charge in [0.1, 0.15) is 16.4 Å². The maximum Gasteiger partial charge on any atom is 0.247 e. The smallest absolute Gasteiger partial charge is 0.247 e. The number of piperazine rings is 1. The standard InChI is InChI=1S/C19H24N2O5S2/c1-25-16-4-5-17(26-2)18(13-16)28(23,24)21-10-8-20(9-11-21)19(22)6-3-15-7-12-27-14-15/h4-5,7,12-14H,3,6,8-11H2,1-2H3. The highest BCUT2D eigenvalue weighted by molar-refractivity contribution is 7.89. The number of hydrogen-bond acceptors (Lipinski definition) is 6. The second kappa shape index (κ2) is 8.93. The van der Waals surface area contributed by atoms with Crippen molar-refractivity contribution >= 4 is 27.3 Å². The largest absolute Gasteiger partial charge is 0.497 e. The van der Waals surface area contributed by atoms with Crippen molar-refractivity contribution in [1.29, 1.82) is 0 Å². The van der Waals surface area contributed by atoms with Crippen LogP contribution in [0.5, 0.6) is 11.5 Å². The fraction of sp³-hybridized carbons (Fsp3) is 0.421. The van der Waals surface area contributed by atoms with Crippen LogP contribution < -0.4 is 9.47 Å². The summed E-state index contributed by atoms with van der Waals surface area (Å²) >= 11 is 1.62. The van der Waals surface area contributed by atoms with E-state index in [1.807, 2.05) is 16.8 Å². The summed E-state index contributed by atoms with van der Waals surface area (Å²) in [6, 6.07) is 6.72. The van der Waals surface area contributed by atoms with Gasteiger partial charge in [-0.3, -0.25) is 4.79 Å². The molecule has 1 saturated heterocycles. The number of nitrogens with zero attached hydrogens (tertiary/aromatic N) is 2. The van der Waals surface area contributed by atoms with Crippen LogP contribution in [0.2, 0.25) is 0 Å². The van der Waals surface area contributed by atoms with Crippen LogP contribution in [0.4, 0.5) is 0 Å². The van der Waals surface area contributed by atoms with Gasteiger partial charge < -0.3 is 14.4 Å². The first-order valence-electron chi connectivity index (χ1n) is 8.96. The number of aryl methyl sites for hydroxylation is 1. The van der Waals surface area contributed by atoms with Crippen molar-refractivity contribution in [3.8, 4) is 11.5 Å². The molecule has 0 radical (unpaired) electrons. The van der Waals surface area contributed by atoms with Gasteiger partial charge in [-0.05, 0) is 40.9 Å². The Morgan fingerprint density at radius 1 is 1.11 bits per heavy atom. The summed E-state index contributed by atoms with van der Waals surface area (Å²) in [5, 5.41) is 4.04. The lowest BCUT2D eigenvalue weighted by Gasteiger charge is -2.34. The molecule has 152 valence electrons. The number of thiophene rings is 1. The van der Waals surface area contributed by atoms with Crippen LogP contribution in [0.15, 0.2) is 39.9 Å². The number of benzene rings is 1. The fourth-order valence-corrected chi connectivity index (χ4v) is 5.44. The Balaban J connectivity index is 1.64. The molecule has 0 atom stereocenters. The zero-order valence-corrected chi connectivity index (χ0v) is 17.6. The minimum Gasteiger partial charge on any atom is -0.497 e. The Morgan fingerprint density at radius 2 is 1.86 bits per heavy atom. The predicted molar refractivity (Wildman–Crippen MR) is 108 cm³/mol. The lowest BCUT2D eigenvalue weighted by atomic mass is 10.1. The van der Waals surface area contributed by atoms with Crippen molar-refractivity contribution in [3.63, 3.8) is 0 Å². The van der Waals surface area contributed by atoms with Gasteiger partial charge in [0.05, 0.1) is 14.2 Å². The van der Waals surface area contributed by atoms with Crippen LogP contribution >= 0.6 is 11.3 Å². The molecular weight excluding hydrogens is 400 g/mol. The molecule has 1 aliphatic heterocycles. The van der Waals surface area contributed by atoms with Crippen molar-refractivity contribution in [2.24, 2.45) is 0 Å². The maximum atomic E-state index is 13.1. The summed E-state index contributed by atoms with van der Waals surface area (Å²) in [6.07, 6.45) is 1.15. The number of carbonyl (C=O) groups excluding carboxylic acids is 1. The molecule has 2 heterocycles. The normalized spacial score (nSPS) is 15.4. The van der Waals surface area contributed by atoms with Gasteiger partial charge in [-0.2, -0.15) is 15.6 Å². The first-order valence-corrected chi connectivity index (χ1v) is 11.3. The molecule has 2 aromatic rings. The molecule has 1 fully saturated rings. The second-order valence-electron chi connectivity index (χ2n) is 6.43. The summed E-state index contributed by atoms with van der Waals surface area (Å²) in [6.45, 7) is 1.28. The maximum absolute atomic E-state index is 13.1. The van der Waals surface area contributed by atoms with Gasteiger partial charge >= 0.3 is 0 Å². The monoisotopic (exact) mass is 424 g/mol. The van der Waals surface area contributed by atoms with E-state index in [0.717, 1.165) is 5.56 Å². The molecule has 0 unspecified atom stereocenters. The van der Waals surface area contributed by atoms with Crippen LogP contribution in [-0.4, -0.2) is 63.9 Å². The summed E-state index contributed by atoms with van der Waals surface area (Å²) in [5.41, 5.74) is 1.16. The molecule has 0 aliphatic carbocycles. The molecule has 28 heavy (non-hydrogen) atoms. The third-order valence-corrected chi connectivity index (χ3v) is 7.44. The van der Waals surface area contributed by atoms with E-state index in [2.05, 4.69) is 0 Å². The SMILES string of the molecule is COc1ccc(OC)c(S(=O)(=O)N2CCN(C(=O)CCc3ccsc3)CC2)c1. The first-order chi connectivity index (χ1) is 13.5. The van der Waals surface area contributed by atoms with Gasteiger partial charge in [-0.25, -0.2) is 8.42 Å². The molecule has 9 heteroatoms. The molecule has 7 nitrogen and oxygen atoms in total. The van der Waals surface area contributed by atoms with Crippen LogP contribution in [0, 0.1) is 0 Å². The molecule has 0 spiro atoms. The Kier molecular flexibility index (Phi) is 6.58. The van der Waals surface area contributed by atoms with E-state index in [4.69, 9.17) is 9.47 Å². The van der Waals surface area contributed by atoms with E-state index in [0.29, 0.717) is 31.7 Å². The Bertz CT molecular complexity index is 904.